The minimum Gasteiger partial charge on any atom is -0.361 e. The van der Waals surface area contributed by atoms with Gasteiger partial charge in [0.1, 0.15) is 23.0 Å². The molecule has 0 aliphatic heterocycles. The van der Waals surface area contributed by atoms with Crippen molar-refractivity contribution in [2.24, 2.45) is 0 Å². The lowest BCUT2D eigenvalue weighted by atomic mass is 10.1. The number of aryl methyl sites for hydroxylation is 2. The van der Waals surface area contributed by atoms with Crippen molar-refractivity contribution in [1.82, 2.24) is 10.1 Å². The zero-order chi connectivity index (χ0) is 18.7. The van der Waals surface area contributed by atoms with Crippen molar-refractivity contribution in [3.63, 3.8) is 0 Å². The molecular formula is C19H17F2N3O2. The molecule has 134 valence electrons. The molecule has 0 saturated heterocycles. The molecule has 1 aromatic carbocycles. The summed E-state index contributed by atoms with van der Waals surface area (Å²) in [5.74, 6) is -1.68. The Labute approximate surface area is 149 Å². The van der Waals surface area contributed by atoms with E-state index in [0.29, 0.717) is 23.6 Å². The Bertz CT molecular complexity index is 926. The Kier molecular flexibility index (Phi) is 5.06. The number of carbonyl (C=O) groups is 1. The standard InChI is InChI=1S/C19H17F2N3O2/c1-3-16-18(12(2)26-23-16)19(25)24(11-14-6-4-5-9-22-14)17-8-7-13(20)10-15(17)21/h4-10H,3,11H2,1-2H3. The Morgan fingerprint density at radius 1 is 1.23 bits per heavy atom. The van der Waals surface area contributed by atoms with Crippen LogP contribution in [0.25, 0.3) is 0 Å². The quantitative estimate of drug-likeness (QED) is 0.691. The number of carbonyl (C=O) groups excluding carboxylic acids is 1. The van der Waals surface area contributed by atoms with E-state index >= 15 is 0 Å². The second kappa shape index (κ2) is 7.43. The van der Waals surface area contributed by atoms with E-state index in [1.54, 1.807) is 31.3 Å². The lowest BCUT2D eigenvalue weighted by Gasteiger charge is -2.23. The van der Waals surface area contributed by atoms with Crippen LogP contribution in [0.4, 0.5) is 14.5 Å². The highest BCUT2D eigenvalue weighted by Crippen LogP contribution is 2.26. The number of hydrogen-bond acceptors (Lipinski definition) is 4. The van der Waals surface area contributed by atoms with Crippen LogP contribution in [0.5, 0.6) is 0 Å². The first-order chi connectivity index (χ1) is 12.5. The maximum Gasteiger partial charge on any atom is 0.264 e. The molecule has 1 amide bonds. The van der Waals surface area contributed by atoms with Gasteiger partial charge in [0.2, 0.25) is 0 Å². The maximum absolute atomic E-state index is 14.4. The summed E-state index contributed by atoms with van der Waals surface area (Å²) in [5.41, 5.74) is 1.30. The predicted octanol–water partition coefficient (Wildman–Crippen LogP) is 4.07. The molecule has 0 spiro atoms. The molecule has 0 atom stereocenters. The molecule has 0 saturated carbocycles. The highest BCUT2D eigenvalue weighted by Gasteiger charge is 2.27. The summed E-state index contributed by atoms with van der Waals surface area (Å²) in [6.45, 7) is 3.49. The van der Waals surface area contributed by atoms with Crippen LogP contribution in [-0.4, -0.2) is 16.0 Å². The van der Waals surface area contributed by atoms with Gasteiger partial charge in [0.05, 0.1) is 23.6 Å². The van der Waals surface area contributed by atoms with Crippen molar-refractivity contribution in [2.45, 2.75) is 26.8 Å². The summed E-state index contributed by atoms with van der Waals surface area (Å²) in [7, 11) is 0. The zero-order valence-electron chi connectivity index (χ0n) is 14.4. The molecule has 7 heteroatoms. The zero-order valence-corrected chi connectivity index (χ0v) is 14.4. The van der Waals surface area contributed by atoms with Gasteiger partial charge in [0.15, 0.2) is 0 Å². The summed E-state index contributed by atoms with van der Waals surface area (Å²) in [6.07, 6.45) is 2.07. The average molecular weight is 357 g/mol. The number of nitrogens with zero attached hydrogens (tertiary/aromatic N) is 3. The molecule has 0 aliphatic carbocycles. The highest BCUT2D eigenvalue weighted by atomic mass is 19.1. The molecule has 0 bridgehead atoms. The first kappa shape index (κ1) is 17.7. The second-order valence-electron chi connectivity index (χ2n) is 5.72. The molecule has 0 unspecified atom stereocenters. The number of hydrogen-bond donors (Lipinski definition) is 0. The van der Waals surface area contributed by atoms with Gasteiger partial charge < -0.3 is 4.52 Å². The van der Waals surface area contributed by atoms with Gasteiger partial charge in [-0.2, -0.15) is 0 Å². The molecule has 0 N–H and O–H groups in total. The van der Waals surface area contributed by atoms with Crippen LogP contribution in [0, 0.1) is 18.6 Å². The third kappa shape index (κ3) is 3.46. The highest BCUT2D eigenvalue weighted by molar-refractivity contribution is 6.07. The predicted molar refractivity (Wildman–Crippen MR) is 91.7 cm³/mol. The summed E-state index contributed by atoms with van der Waals surface area (Å²) in [5, 5.41) is 3.88. The average Bonchev–Trinajstić information content (AvgIpc) is 3.01. The monoisotopic (exact) mass is 357 g/mol. The molecular weight excluding hydrogens is 340 g/mol. The third-order valence-corrected chi connectivity index (χ3v) is 3.97. The van der Waals surface area contributed by atoms with E-state index in [4.69, 9.17) is 4.52 Å². The van der Waals surface area contributed by atoms with Crippen LogP contribution in [0.15, 0.2) is 47.1 Å². The molecule has 2 heterocycles. The fraction of sp³-hybridized carbons (Fsp3) is 0.211. The first-order valence-electron chi connectivity index (χ1n) is 8.13. The van der Waals surface area contributed by atoms with Gasteiger partial charge in [-0.1, -0.05) is 18.1 Å². The second-order valence-corrected chi connectivity index (χ2v) is 5.72. The van der Waals surface area contributed by atoms with Gasteiger partial charge in [-0.05, 0) is 37.6 Å². The Morgan fingerprint density at radius 2 is 2.04 bits per heavy atom. The molecule has 3 rings (SSSR count). The summed E-state index contributed by atoms with van der Waals surface area (Å²) < 4.78 is 32.8. The lowest BCUT2D eigenvalue weighted by molar-refractivity contribution is 0.0981. The van der Waals surface area contributed by atoms with Gasteiger partial charge in [0.25, 0.3) is 5.91 Å². The fourth-order valence-electron chi connectivity index (χ4n) is 2.69. The fourth-order valence-corrected chi connectivity index (χ4v) is 2.69. The molecule has 26 heavy (non-hydrogen) atoms. The van der Waals surface area contributed by atoms with E-state index in [1.807, 2.05) is 6.92 Å². The maximum atomic E-state index is 14.4. The van der Waals surface area contributed by atoms with E-state index < -0.39 is 17.5 Å². The molecule has 2 aromatic heterocycles. The van der Waals surface area contributed by atoms with Gasteiger partial charge >= 0.3 is 0 Å². The van der Waals surface area contributed by atoms with Crippen molar-refractivity contribution in [3.8, 4) is 0 Å². The van der Waals surface area contributed by atoms with Gasteiger partial charge in [-0.15, -0.1) is 0 Å². The van der Waals surface area contributed by atoms with Gasteiger partial charge in [0, 0.05) is 12.3 Å². The van der Waals surface area contributed by atoms with Crippen LogP contribution < -0.4 is 4.90 Å². The Balaban J connectivity index is 2.07. The van der Waals surface area contributed by atoms with Crippen molar-refractivity contribution in [2.75, 3.05) is 4.90 Å². The normalized spacial score (nSPS) is 10.8. The summed E-state index contributed by atoms with van der Waals surface area (Å²) in [6, 6.07) is 8.33. The molecule has 0 fully saturated rings. The van der Waals surface area contributed by atoms with Crippen molar-refractivity contribution >= 4 is 11.6 Å². The van der Waals surface area contributed by atoms with Crippen LogP contribution in [-0.2, 0) is 13.0 Å². The number of pyridine rings is 1. The van der Waals surface area contributed by atoms with Gasteiger partial charge in [-0.3, -0.25) is 14.7 Å². The molecule has 0 radical (unpaired) electrons. The number of anilines is 1. The van der Waals surface area contributed by atoms with E-state index in [2.05, 4.69) is 10.1 Å². The number of benzene rings is 1. The smallest absolute Gasteiger partial charge is 0.264 e. The van der Waals surface area contributed by atoms with E-state index in [0.717, 1.165) is 12.1 Å². The number of aromatic nitrogens is 2. The number of amides is 1. The summed E-state index contributed by atoms with van der Waals surface area (Å²) >= 11 is 0. The molecule has 0 aliphatic rings. The SMILES string of the molecule is CCc1noc(C)c1C(=O)N(Cc1ccccn1)c1ccc(F)cc1F. The lowest BCUT2D eigenvalue weighted by Crippen LogP contribution is -2.32. The van der Waals surface area contributed by atoms with Crippen LogP contribution >= 0.6 is 0 Å². The van der Waals surface area contributed by atoms with Crippen molar-refractivity contribution < 1.29 is 18.1 Å². The third-order valence-electron chi connectivity index (χ3n) is 3.97. The van der Waals surface area contributed by atoms with Crippen LogP contribution in [0.1, 0.15) is 34.4 Å². The Morgan fingerprint density at radius 3 is 2.69 bits per heavy atom. The molecule has 3 aromatic rings. The minimum atomic E-state index is -0.832. The Hall–Kier alpha value is -3.09. The summed E-state index contributed by atoms with van der Waals surface area (Å²) in [4.78, 5) is 18.6. The number of halogens is 2. The topological polar surface area (TPSA) is 59.2 Å². The van der Waals surface area contributed by atoms with Crippen LogP contribution in [0.3, 0.4) is 0 Å². The molecule has 5 nitrogen and oxygen atoms in total. The van der Waals surface area contributed by atoms with Crippen LogP contribution in [0.2, 0.25) is 0 Å². The van der Waals surface area contributed by atoms with E-state index in [9.17, 15) is 13.6 Å². The van der Waals surface area contributed by atoms with E-state index in [-0.39, 0.29) is 17.8 Å². The van der Waals surface area contributed by atoms with E-state index in [1.165, 1.54) is 11.0 Å². The van der Waals surface area contributed by atoms with Gasteiger partial charge in [-0.25, -0.2) is 8.78 Å². The minimum absolute atomic E-state index is 0.0238. The van der Waals surface area contributed by atoms with Crippen molar-refractivity contribution in [3.05, 3.63) is 76.9 Å². The number of rotatable bonds is 5. The first-order valence-corrected chi connectivity index (χ1v) is 8.13. The largest absolute Gasteiger partial charge is 0.361 e. The van der Waals surface area contributed by atoms with Crippen molar-refractivity contribution in [1.29, 1.82) is 0 Å².